The van der Waals surface area contributed by atoms with Crippen molar-refractivity contribution in [3.63, 3.8) is 0 Å². The van der Waals surface area contributed by atoms with Gasteiger partial charge in [-0.3, -0.25) is 0 Å². The fourth-order valence-electron chi connectivity index (χ4n) is 3.62. The number of benzene rings is 1. The van der Waals surface area contributed by atoms with E-state index in [2.05, 4.69) is 38.4 Å². The molecule has 148 valence electrons. The number of anilines is 2. The van der Waals surface area contributed by atoms with Crippen LogP contribution in [0.25, 0.3) is 10.2 Å². The van der Waals surface area contributed by atoms with Gasteiger partial charge in [-0.25, -0.2) is 9.97 Å². The van der Waals surface area contributed by atoms with Crippen molar-refractivity contribution in [3.8, 4) is 0 Å². The third kappa shape index (κ3) is 3.92. The third-order valence-electron chi connectivity index (χ3n) is 4.87. The second kappa shape index (κ2) is 7.58. The predicted octanol–water partition coefficient (Wildman–Crippen LogP) is 5.27. The summed E-state index contributed by atoms with van der Waals surface area (Å²) in [6.07, 6.45) is -1.52. The number of para-hydroxylation sites is 1. The molecule has 0 radical (unpaired) electrons. The second-order valence-electron chi connectivity index (χ2n) is 6.97. The van der Waals surface area contributed by atoms with E-state index in [1.807, 2.05) is 19.1 Å². The monoisotopic (exact) mass is 406 g/mol. The molecule has 3 heterocycles. The smallest absolute Gasteiger partial charge is 0.371 e. The predicted molar refractivity (Wildman–Crippen MR) is 107 cm³/mol. The maximum absolute atomic E-state index is 13.1. The first kappa shape index (κ1) is 19.0. The van der Waals surface area contributed by atoms with E-state index < -0.39 is 12.0 Å². The molecule has 0 saturated heterocycles. The Morgan fingerprint density at radius 1 is 1.21 bits per heavy atom. The first-order valence-electron chi connectivity index (χ1n) is 9.34. The fraction of sp³-hybridized carbons (Fsp3) is 0.400. The van der Waals surface area contributed by atoms with Gasteiger partial charge in [-0.05, 0) is 43.9 Å². The van der Waals surface area contributed by atoms with E-state index in [-0.39, 0.29) is 5.82 Å². The van der Waals surface area contributed by atoms with E-state index >= 15 is 0 Å². The van der Waals surface area contributed by atoms with Crippen LogP contribution in [-0.4, -0.2) is 29.6 Å². The second-order valence-corrected chi connectivity index (χ2v) is 8.20. The molecule has 0 amide bonds. The fourth-order valence-corrected chi connectivity index (χ4v) is 4.50. The lowest BCUT2D eigenvalue weighted by atomic mass is 10.0. The first-order valence-corrected chi connectivity index (χ1v) is 10.2. The Morgan fingerprint density at radius 3 is 2.86 bits per heavy atom. The minimum Gasteiger partial charge on any atom is -0.371 e. The van der Waals surface area contributed by atoms with Crippen LogP contribution in [0.2, 0.25) is 0 Å². The SMILES string of the molecule is Cc1cc2c(NCCCN3CCCc4ccccc43)nc(C(F)(F)F)nc2s1. The number of alkyl halides is 3. The van der Waals surface area contributed by atoms with Crippen LogP contribution in [0.5, 0.6) is 0 Å². The van der Waals surface area contributed by atoms with Gasteiger partial charge >= 0.3 is 6.18 Å². The van der Waals surface area contributed by atoms with Crippen LogP contribution in [0.15, 0.2) is 30.3 Å². The van der Waals surface area contributed by atoms with Crippen LogP contribution >= 0.6 is 11.3 Å². The number of rotatable bonds is 5. The number of thiophene rings is 1. The summed E-state index contributed by atoms with van der Waals surface area (Å²) in [6.45, 7) is 4.28. The number of hydrogen-bond acceptors (Lipinski definition) is 5. The van der Waals surface area contributed by atoms with Crippen molar-refractivity contribution in [2.24, 2.45) is 0 Å². The van der Waals surface area contributed by atoms with Gasteiger partial charge in [0.25, 0.3) is 0 Å². The highest BCUT2D eigenvalue weighted by molar-refractivity contribution is 7.18. The van der Waals surface area contributed by atoms with E-state index in [9.17, 15) is 13.2 Å². The van der Waals surface area contributed by atoms with Crippen LogP contribution in [0.4, 0.5) is 24.7 Å². The Balaban J connectivity index is 1.45. The highest BCUT2D eigenvalue weighted by Crippen LogP contribution is 2.34. The van der Waals surface area contributed by atoms with Crippen molar-refractivity contribution in [1.29, 1.82) is 0 Å². The minimum absolute atomic E-state index is 0.265. The summed E-state index contributed by atoms with van der Waals surface area (Å²) in [5, 5.41) is 3.76. The van der Waals surface area contributed by atoms with Crippen LogP contribution in [0.1, 0.15) is 29.1 Å². The molecule has 0 spiro atoms. The molecule has 0 aliphatic carbocycles. The summed E-state index contributed by atoms with van der Waals surface area (Å²) in [5.74, 6) is -0.824. The van der Waals surface area contributed by atoms with Gasteiger partial charge < -0.3 is 10.2 Å². The van der Waals surface area contributed by atoms with Crippen molar-refractivity contribution in [3.05, 3.63) is 46.6 Å². The minimum atomic E-state index is -4.56. The summed E-state index contributed by atoms with van der Waals surface area (Å²) >= 11 is 1.25. The lowest BCUT2D eigenvalue weighted by molar-refractivity contribution is -0.144. The highest BCUT2D eigenvalue weighted by atomic mass is 32.1. The van der Waals surface area contributed by atoms with E-state index in [0.29, 0.717) is 16.8 Å². The average Bonchev–Trinajstić information content (AvgIpc) is 3.04. The summed E-state index contributed by atoms with van der Waals surface area (Å²) in [4.78, 5) is 11.1. The van der Waals surface area contributed by atoms with E-state index in [0.717, 1.165) is 37.2 Å². The molecule has 2 aromatic heterocycles. The molecule has 1 aliphatic heterocycles. The zero-order chi connectivity index (χ0) is 19.7. The number of aromatic nitrogens is 2. The summed E-state index contributed by atoms with van der Waals surface area (Å²) in [5.41, 5.74) is 2.63. The average molecular weight is 406 g/mol. The van der Waals surface area contributed by atoms with Gasteiger partial charge in [0.15, 0.2) is 0 Å². The van der Waals surface area contributed by atoms with Crippen LogP contribution < -0.4 is 10.2 Å². The summed E-state index contributed by atoms with van der Waals surface area (Å²) < 4.78 is 39.4. The van der Waals surface area contributed by atoms with Gasteiger partial charge in [-0.1, -0.05) is 18.2 Å². The third-order valence-corrected chi connectivity index (χ3v) is 5.82. The molecule has 0 atom stereocenters. The number of halogens is 3. The van der Waals surface area contributed by atoms with Crippen molar-refractivity contribution in [2.45, 2.75) is 32.4 Å². The molecule has 4 nitrogen and oxygen atoms in total. The maximum atomic E-state index is 13.1. The standard InChI is InChI=1S/C20H21F3N4S/c1-13-12-15-17(25-19(20(21,22)23)26-18(15)28-13)24-9-5-11-27-10-4-7-14-6-2-3-8-16(14)27/h2-3,6,8,12H,4-5,7,9-11H2,1H3,(H,24,25,26). The molecule has 8 heteroatoms. The molecule has 4 rings (SSSR count). The first-order chi connectivity index (χ1) is 13.4. The molecule has 1 N–H and O–H groups in total. The van der Waals surface area contributed by atoms with Gasteiger partial charge in [0.2, 0.25) is 5.82 Å². The molecule has 0 saturated carbocycles. The Hall–Kier alpha value is -2.35. The number of nitrogens with one attached hydrogen (secondary N) is 1. The molecular weight excluding hydrogens is 385 g/mol. The molecular formula is C20H21F3N4S. The normalized spacial score (nSPS) is 14.4. The van der Waals surface area contributed by atoms with Crippen LogP contribution in [0.3, 0.4) is 0 Å². The Morgan fingerprint density at radius 2 is 2.04 bits per heavy atom. The molecule has 1 aromatic carbocycles. The number of aryl methyl sites for hydroxylation is 2. The van der Waals surface area contributed by atoms with Crippen molar-refractivity contribution < 1.29 is 13.2 Å². The van der Waals surface area contributed by atoms with Crippen molar-refractivity contribution >= 4 is 33.1 Å². The lowest BCUT2D eigenvalue weighted by Gasteiger charge is -2.31. The zero-order valence-corrected chi connectivity index (χ0v) is 16.3. The zero-order valence-electron chi connectivity index (χ0n) is 15.5. The molecule has 1 aliphatic rings. The quantitative estimate of drug-likeness (QED) is 0.586. The van der Waals surface area contributed by atoms with Gasteiger partial charge in [0.1, 0.15) is 10.6 Å². The Kier molecular flexibility index (Phi) is 5.14. The van der Waals surface area contributed by atoms with Gasteiger partial charge in [0, 0.05) is 30.2 Å². The molecule has 0 fully saturated rings. The van der Waals surface area contributed by atoms with Gasteiger partial charge in [-0.2, -0.15) is 13.2 Å². The van der Waals surface area contributed by atoms with Crippen molar-refractivity contribution in [1.82, 2.24) is 9.97 Å². The lowest BCUT2D eigenvalue weighted by Crippen LogP contribution is -2.31. The summed E-state index contributed by atoms with van der Waals surface area (Å²) in [7, 11) is 0. The van der Waals surface area contributed by atoms with Crippen LogP contribution in [-0.2, 0) is 12.6 Å². The van der Waals surface area contributed by atoms with Crippen LogP contribution in [0, 0.1) is 6.92 Å². The van der Waals surface area contributed by atoms with E-state index in [1.54, 1.807) is 0 Å². The molecule has 28 heavy (non-hydrogen) atoms. The number of fused-ring (bicyclic) bond motifs is 2. The van der Waals surface area contributed by atoms with Gasteiger partial charge in [-0.15, -0.1) is 11.3 Å². The van der Waals surface area contributed by atoms with Crippen molar-refractivity contribution in [2.75, 3.05) is 29.9 Å². The number of nitrogens with zero attached hydrogens (tertiary/aromatic N) is 3. The topological polar surface area (TPSA) is 41.0 Å². The highest BCUT2D eigenvalue weighted by Gasteiger charge is 2.35. The molecule has 3 aromatic rings. The van der Waals surface area contributed by atoms with Gasteiger partial charge in [0.05, 0.1) is 5.39 Å². The maximum Gasteiger partial charge on any atom is 0.451 e. The Labute approximate surface area is 165 Å². The van der Waals surface area contributed by atoms with E-state index in [1.165, 1.54) is 22.6 Å². The Bertz CT molecular complexity index is 983. The number of hydrogen-bond donors (Lipinski definition) is 1. The summed E-state index contributed by atoms with van der Waals surface area (Å²) in [6, 6.07) is 10.2. The largest absolute Gasteiger partial charge is 0.451 e. The molecule has 0 bridgehead atoms. The van der Waals surface area contributed by atoms with E-state index in [4.69, 9.17) is 0 Å². The molecule has 0 unspecified atom stereocenters.